The standard InChI is InChI=1S/C18H12FN3O2/c19-13-5-3-4-11(17(13)24)18-21-16(12-10-20-8-7-15(12)23)14-6-1-2-9-22(14)18/h1-10,24H,(H,20,23). The third kappa shape index (κ3) is 2.08. The number of halogens is 1. The second-order valence-corrected chi connectivity index (χ2v) is 5.27. The molecule has 0 amide bonds. The van der Waals surface area contributed by atoms with Crippen LogP contribution in [0.15, 0.2) is 61.1 Å². The number of imidazole rings is 1. The number of rotatable bonds is 2. The number of para-hydroxylation sites is 1. The molecule has 118 valence electrons. The predicted octanol–water partition coefficient (Wildman–Crippen LogP) is 3.61. The summed E-state index contributed by atoms with van der Waals surface area (Å²) in [6, 6.07) is 11.2. The Morgan fingerprint density at radius 1 is 0.958 bits per heavy atom. The van der Waals surface area contributed by atoms with E-state index in [-0.39, 0.29) is 11.3 Å². The Hall–Kier alpha value is -3.41. The Balaban J connectivity index is 2.06. The van der Waals surface area contributed by atoms with Crippen molar-refractivity contribution in [3.8, 4) is 34.1 Å². The summed E-state index contributed by atoms with van der Waals surface area (Å²) in [6.45, 7) is 0. The minimum absolute atomic E-state index is 0.0452. The zero-order chi connectivity index (χ0) is 16.7. The maximum absolute atomic E-state index is 13.7. The van der Waals surface area contributed by atoms with Crippen LogP contribution in [0.4, 0.5) is 4.39 Å². The molecule has 0 radical (unpaired) electrons. The van der Waals surface area contributed by atoms with Crippen LogP contribution in [0.25, 0.3) is 28.2 Å². The lowest BCUT2D eigenvalue weighted by atomic mass is 10.1. The number of phenols is 1. The van der Waals surface area contributed by atoms with Crippen LogP contribution in [-0.4, -0.2) is 24.6 Å². The van der Waals surface area contributed by atoms with Crippen LogP contribution >= 0.6 is 0 Å². The van der Waals surface area contributed by atoms with E-state index in [1.807, 2.05) is 12.1 Å². The molecule has 5 nitrogen and oxygen atoms in total. The van der Waals surface area contributed by atoms with E-state index in [0.29, 0.717) is 22.6 Å². The molecule has 0 atom stereocenters. The van der Waals surface area contributed by atoms with E-state index in [4.69, 9.17) is 0 Å². The number of fused-ring (bicyclic) bond motifs is 1. The first-order chi connectivity index (χ1) is 11.7. The van der Waals surface area contributed by atoms with Gasteiger partial charge in [-0.15, -0.1) is 0 Å². The molecule has 1 aromatic carbocycles. The molecule has 24 heavy (non-hydrogen) atoms. The first kappa shape index (κ1) is 14.2. The van der Waals surface area contributed by atoms with Crippen LogP contribution in [0, 0.1) is 5.82 Å². The van der Waals surface area contributed by atoms with Crippen LogP contribution in [0.1, 0.15) is 0 Å². The van der Waals surface area contributed by atoms with Crippen molar-refractivity contribution in [3.63, 3.8) is 0 Å². The SMILES string of the molecule is Oc1ccncc1-c1nc(-c2cccc(F)c2O)n2ccccc12. The minimum Gasteiger partial charge on any atom is -0.507 e. The van der Waals surface area contributed by atoms with Crippen LogP contribution in [0.2, 0.25) is 0 Å². The number of nitrogens with zero attached hydrogens (tertiary/aromatic N) is 3. The summed E-state index contributed by atoms with van der Waals surface area (Å²) in [6.07, 6.45) is 4.76. The van der Waals surface area contributed by atoms with Gasteiger partial charge in [0.15, 0.2) is 11.6 Å². The van der Waals surface area contributed by atoms with Crippen LogP contribution in [0.5, 0.6) is 11.5 Å². The van der Waals surface area contributed by atoms with Gasteiger partial charge in [-0.1, -0.05) is 12.1 Å². The molecule has 0 aliphatic carbocycles. The fourth-order valence-corrected chi connectivity index (χ4v) is 2.69. The summed E-state index contributed by atoms with van der Waals surface area (Å²) >= 11 is 0. The Labute approximate surface area is 136 Å². The van der Waals surface area contributed by atoms with Gasteiger partial charge in [0, 0.05) is 18.6 Å². The van der Waals surface area contributed by atoms with Gasteiger partial charge in [-0.25, -0.2) is 9.37 Å². The van der Waals surface area contributed by atoms with E-state index in [0.717, 1.165) is 0 Å². The van der Waals surface area contributed by atoms with Crippen molar-refractivity contribution in [2.24, 2.45) is 0 Å². The van der Waals surface area contributed by atoms with Gasteiger partial charge in [-0.2, -0.15) is 0 Å². The molecule has 2 N–H and O–H groups in total. The number of aromatic hydroxyl groups is 2. The quantitative estimate of drug-likeness (QED) is 0.591. The van der Waals surface area contributed by atoms with E-state index in [2.05, 4.69) is 9.97 Å². The molecule has 0 spiro atoms. The van der Waals surface area contributed by atoms with Gasteiger partial charge in [0.2, 0.25) is 0 Å². The third-order valence-corrected chi connectivity index (χ3v) is 3.83. The molecule has 0 saturated carbocycles. The highest BCUT2D eigenvalue weighted by molar-refractivity contribution is 5.84. The van der Waals surface area contributed by atoms with E-state index < -0.39 is 11.6 Å². The van der Waals surface area contributed by atoms with E-state index in [1.54, 1.807) is 22.7 Å². The van der Waals surface area contributed by atoms with Crippen molar-refractivity contribution < 1.29 is 14.6 Å². The number of hydrogen-bond acceptors (Lipinski definition) is 4. The summed E-state index contributed by atoms with van der Waals surface area (Å²) < 4.78 is 15.5. The maximum atomic E-state index is 13.7. The van der Waals surface area contributed by atoms with Crippen LogP contribution in [0.3, 0.4) is 0 Å². The average Bonchev–Trinajstić information content (AvgIpc) is 2.97. The van der Waals surface area contributed by atoms with Crippen molar-refractivity contribution >= 4 is 5.52 Å². The fourth-order valence-electron chi connectivity index (χ4n) is 2.69. The molecule has 0 saturated heterocycles. The van der Waals surface area contributed by atoms with Crippen molar-refractivity contribution in [3.05, 3.63) is 66.9 Å². The Bertz CT molecular complexity index is 1060. The molecule has 3 aromatic heterocycles. The first-order valence-electron chi connectivity index (χ1n) is 7.25. The van der Waals surface area contributed by atoms with Gasteiger partial charge in [-0.05, 0) is 30.3 Å². The van der Waals surface area contributed by atoms with Crippen molar-refractivity contribution in [1.29, 1.82) is 0 Å². The molecular formula is C18H12FN3O2. The van der Waals surface area contributed by atoms with Crippen LogP contribution < -0.4 is 0 Å². The number of hydrogen-bond donors (Lipinski definition) is 2. The van der Waals surface area contributed by atoms with E-state index in [9.17, 15) is 14.6 Å². The number of phenolic OH excluding ortho intramolecular Hbond substituents is 1. The molecule has 4 rings (SSSR count). The van der Waals surface area contributed by atoms with Crippen molar-refractivity contribution in [1.82, 2.24) is 14.4 Å². The molecular weight excluding hydrogens is 309 g/mol. The monoisotopic (exact) mass is 321 g/mol. The van der Waals surface area contributed by atoms with Gasteiger partial charge in [0.05, 0.1) is 16.6 Å². The zero-order valence-corrected chi connectivity index (χ0v) is 12.4. The highest BCUT2D eigenvalue weighted by atomic mass is 19.1. The van der Waals surface area contributed by atoms with Gasteiger partial charge >= 0.3 is 0 Å². The summed E-state index contributed by atoms with van der Waals surface area (Å²) in [7, 11) is 0. The molecule has 4 aromatic rings. The molecule has 3 heterocycles. The molecule has 0 aliphatic rings. The summed E-state index contributed by atoms with van der Waals surface area (Å²) in [5, 5.41) is 20.2. The van der Waals surface area contributed by atoms with Crippen molar-refractivity contribution in [2.75, 3.05) is 0 Å². The molecule has 0 fully saturated rings. The lowest BCUT2D eigenvalue weighted by Crippen LogP contribution is -1.90. The molecule has 6 heteroatoms. The number of pyridine rings is 2. The second kappa shape index (κ2) is 5.34. The first-order valence-corrected chi connectivity index (χ1v) is 7.25. The second-order valence-electron chi connectivity index (χ2n) is 5.27. The lowest BCUT2D eigenvalue weighted by Gasteiger charge is -2.04. The lowest BCUT2D eigenvalue weighted by molar-refractivity contribution is 0.434. The third-order valence-electron chi connectivity index (χ3n) is 3.83. The number of benzene rings is 1. The summed E-state index contributed by atoms with van der Waals surface area (Å²) in [4.78, 5) is 8.55. The Kier molecular flexibility index (Phi) is 3.16. The van der Waals surface area contributed by atoms with E-state index >= 15 is 0 Å². The fraction of sp³-hybridized carbons (Fsp3) is 0. The summed E-state index contributed by atoms with van der Waals surface area (Å²) in [5.41, 5.74) is 1.94. The van der Waals surface area contributed by atoms with E-state index in [1.165, 1.54) is 30.6 Å². The Morgan fingerprint density at radius 2 is 1.83 bits per heavy atom. The largest absolute Gasteiger partial charge is 0.507 e. The predicted molar refractivity (Wildman–Crippen MR) is 87.1 cm³/mol. The van der Waals surface area contributed by atoms with Gasteiger partial charge in [-0.3, -0.25) is 9.38 Å². The highest BCUT2D eigenvalue weighted by Gasteiger charge is 2.19. The van der Waals surface area contributed by atoms with Crippen LogP contribution in [-0.2, 0) is 0 Å². The smallest absolute Gasteiger partial charge is 0.165 e. The normalized spacial score (nSPS) is 11.0. The highest BCUT2D eigenvalue weighted by Crippen LogP contribution is 2.36. The van der Waals surface area contributed by atoms with Gasteiger partial charge in [0.1, 0.15) is 17.3 Å². The summed E-state index contributed by atoms with van der Waals surface area (Å²) in [5.74, 6) is -0.758. The maximum Gasteiger partial charge on any atom is 0.165 e. The zero-order valence-electron chi connectivity index (χ0n) is 12.4. The van der Waals surface area contributed by atoms with Gasteiger partial charge in [0.25, 0.3) is 0 Å². The molecule has 0 aliphatic heterocycles. The average molecular weight is 321 g/mol. The molecule has 0 unspecified atom stereocenters. The number of aromatic nitrogens is 3. The van der Waals surface area contributed by atoms with Crippen molar-refractivity contribution in [2.45, 2.75) is 0 Å². The molecule has 0 bridgehead atoms. The Morgan fingerprint density at radius 3 is 2.67 bits per heavy atom. The van der Waals surface area contributed by atoms with Gasteiger partial charge < -0.3 is 10.2 Å². The minimum atomic E-state index is -0.717. The topological polar surface area (TPSA) is 70.7 Å².